The van der Waals surface area contributed by atoms with Gasteiger partial charge >= 0.3 is 0 Å². The first-order valence-corrected chi connectivity index (χ1v) is 7.95. The fraction of sp³-hybridized carbons (Fsp3) is 0.467. The number of carbonyl (C=O) groups excluding carboxylic acids is 1. The highest BCUT2D eigenvalue weighted by Gasteiger charge is 2.22. The van der Waals surface area contributed by atoms with Gasteiger partial charge < -0.3 is 5.32 Å². The molecule has 5 heteroatoms. The lowest BCUT2D eigenvalue weighted by molar-refractivity contribution is 0.0931. The van der Waals surface area contributed by atoms with Crippen molar-refractivity contribution >= 4 is 27.5 Å². The van der Waals surface area contributed by atoms with Gasteiger partial charge in [0.1, 0.15) is 11.3 Å². The second-order valence-electron chi connectivity index (χ2n) is 5.29. The van der Waals surface area contributed by atoms with Gasteiger partial charge in [-0.25, -0.2) is 4.98 Å². The summed E-state index contributed by atoms with van der Waals surface area (Å²) in [6.07, 6.45) is 7.27. The molecular formula is C15H18BrN3O. The molecule has 0 radical (unpaired) electrons. The van der Waals surface area contributed by atoms with Crippen LogP contribution >= 0.6 is 15.9 Å². The topological polar surface area (TPSA) is 46.4 Å². The molecule has 2 aromatic heterocycles. The number of hydrogen-bond donors (Lipinski definition) is 1. The van der Waals surface area contributed by atoms with Crippen LogP contribution in [0.5, 0.6) is 0 Å². The van der Waals surface area contributed by atoms with Gasteiger partial charge in [-0.2, -0.15) is 0 Å². The number of rotatable bonds is 3. The van der Waals surface area contributed by atoms with Gasteiger partial charge in [-0.3, -0.25) is 9.20 Å². The van der Waals surface area contributed by atoms with Crippen molar-refractivity contribution in [3.63, 3.8) is 0 Å². The van der Waals surface area contributed by atoms with E-state index >= 15 is 0 Å². The normalized spacial score (nSPS) is 15.9. The average molecular weight is 336 g/mol. The maximum atomic E-state index is 12.6. The summed E-state index contributed by atoms with van der Waals surface area (Å²) < 4.78 is 2.83. The molecule has 0 saturated heterocycles. The van der Waals surface area contributed by atoms with Crippen LogP contribution < -0.4 is 5.32 Å². The molecule has 2 heterocycles. The Balaban J connectivity index is 1.99. The zero-order valence-corrected chi connectivity index (χ0v) is 13.1. The molecule has 4 nitrogen and oxygen atoms in total. The first kappa shape index (κ1) is 13.6. The zero-order chi connectivity index (χ0) is 14.1. The van der Waals surface area contributed by atoms with Gasteiger partial charge in [0.05, 0.1) is 5.69 Å². The van der Waals surface area contributed by atoms with Crippen molar-refractivity contribution in [1.29, 1.82) is 0 Å². The number of hydrogen-bond acceptors (Lipinski definition) is 2. The number of fused-ring (bicyclic) bond motifs is 1. The van der Waals surface area contributed by atoms with E-state index in [0.717, 1.165) is 35.1 Å². The summed E-state index contributed by atoms with van der Waals surface area (Å²) in [6.45, 7) is 2.03. The number of carbonyl (C=O) groups is 1. The maximum Gasteiger partial charge on any atom is 0.270 e. The first-order valence-electron chi connectivity index (χ1n) is 7.16. The van der Waals surface area contributed by atoms with Crippen molar-refractivity contribution in [1.82, 2.24) is 14.7 Å². The van der Waals surface area contributed by atoms with E-state index in [1.54, 1.807) is 0 Å². The zero-order valence-electron chi connectivity index (χ0n) is 11.5. The lowest BCUT2D eigenvalue weighted by Gasteiger charge is -2.12. The predicted molar refractivity (Wildman–Crippen MR) is 82.0 cm³/mol. The molecule has 1 aliphatic rings. The van der Waals surface area contributed by atoms with Crippen molar-refractivity contribution in [2.45, 2.75) is 45.1 Å². The minimum atomic E-state index is -0.000602. The molecule has 0 bridgehead atoms. The maximum absolute atomic E-state index is 12.6. The highest BCUT2D eigenvalue weighted by Crippen LogP contribution is 2.21. The molecule has 0 atom stereocenters. The Morgan fingerprint density at radius 2 is 2.20 bits per heavy atom. The Bertz CT molecular complexity index is 644. The fourth-order valence-corrected chi connectivity index (χ4v) is 3.22. The molecule has 106 valence electrons. The Morgan fingerprint density at radius 1 is 1.45 bits per heavy atom. The molecule has 0 aromatic carbocycles. The van der Waals surface area contributed by atoms with Gasteiger partial charge in [-0.15, -0.1) is 0 Å². The molecular weight excluding hydrogens is 318 g/mol. The lowest BCUT2D eigenvalue weighted by atomic mass is 10.2. The van der Waals surface area contributed by atoms with Gasteiger partial charge in [0.2, 0.25) is 0 Å². The number of amides is 1. The number of nitrogens with one attached hydrogen (secondary N) is 1. The van der Waals surface area contributed by atoms with E-state index in [1.807, 2.05) is 29.7 Å². The Hall–Kier alpha value is -1.36. The Morgan fingerprint density at radius 3 is 2.90 bits per heavy atom. The summed E-state index contributed by atoms with van der Waals surface area (Å²) in [7, 11) is 0. The Kier molecular flexibility index (Phi) is 3.78. The van der Waals surface area contributed by atoms with Crippen LogP contribution in [0.3, 0.4) is 0 Å². The largest absolute Gasteiger partial charge is 0.348 e. The molecule has 2 aromatic rings. The Labute approximate surface area is 126 Å². The number of aryl methyl sites for hydroxylation is 1. The second-order valence-corrected chi connectivity index (χ2v) is 6.21. The third-order valence-corrected chi connectivity index (χ3v) is 4.36. The highest BCUT2D eigenvalue weighted by molar-refractivity contribution is 9.10. The molecule has 20 heavy (non-hydrogen) atoms. The van der Waals surface area contributed by atoms with E-state index in [0.29, 0.717) is 11.7 Å². The second kappa shape index (κ2) is 5.56. The van der Waals surface area contributed by atoms with E-state index in [1.165, 1.54) is 12.8 Å². The lowest BCUT2D eigenvalue weighted by Crippen LogP contribution is -2.33. The number of pyridine rings is 1. The summed E-state index contributed by atoms with van der Waals surface area (Å²) >= 11 is 3.45. The van der Waals surface area contributed by atoms with Crippen molar-refractivity contribution in [3.05, 3.63) is 34.2 Å². The van der Waals surface area contributed by atoms with Crippen molar-refractivity contribution < 1.29 is 4.79 Å². The fourth-order valence-electron chi connectivity index (χ4n) is 2.88. The molecule has 1 fully saturated rings. The van der Waals surface area contributed by atoms with E-state index in [-0.39, 0.29) is 5.91 Å². The van der Waals surface area contributed by atoms with Crippen LogP contribution in [0.1, 0.15) is 48.8 Å². The average Bonchev–Trinajstić information content (AvgIpc) is 3.04. The molecule has 0 unspecified atom stereocenters. The third-order valence-electron chi connectivity index (χ3n) is 3.89. The predicted octanol–water partition coefficient (Wildman–Crippen LogP) is 3.33. The molecule has 0 aliphatic heterocycles. The monoisotopic (exact) mass is 335 g/mol. The quantitative estimate of drug-likeness (QED) is 0.935. The standard InChI is InChI=1S/C15H18BrN3O/c1-2-12-14(15(20)17-11-5-3-4-6-11)19-9-10(16)7-8-13(19)18-12/h7-9,11H,2-6H2,1H3,(H,17,20). The molecule has 1 aliphatic carbocycles. The van der Waals surface area contributed by atoms with Crippen molar-refractivity contribution in [3.8, 4) is 0 Å². The molecule has 1 amide bonds. The summed E-state index contributed by atoms with van der Waals surface area (Å²) in [5.74, 6) is -0.000602. The molecule has 3 rings (SSSR count). The van der Waals surface area contributed by atoms with E-state index in [2.05, 4.69) is 26.2 Å². The SMILES string of the molecule is CCc1nc2ccc(Br)cn2c1C(=O)NC1CCCC1. The van der Waals surface area contributed by atoms with Gasteiger partial charge in [-0.1, -0.05) is 19.8 Å². The van der Waals surface area contributed by atoms with Crippen LogP contribution in [0.2, 0.25) is 0 Å². The number of nitrogens with zero attached hydrogens (tertiary/aromatic N) is 2. The van der Waals surface area contributed by atoms with E-state index < -0.39 is 0 Å². The van der Waals surface area contributed by atoms with Crippen LogP contribution in [0, 0.1) is 0 Å². The van der Waals surface area contributed by atoms with Gasteiger partial charge in [0, 0.05) is 16.7 Å². The van der Waals surface area contributed by atoms with Crippen molar-refractivity contribution in [2.24, 2.45) is 0 Å². The van der Waals surface area contributed by atoms with Gasteiger partial charge in [-0.05, 0) is 47.3 Å². The van der Waals surface area contributed by atoms with Crippen molar-refractivity contribution in [2.75, 3.05) is 0 Å². The first-order chi connectivity index (χ1) is 9.69. The summed E-state index contributed by atoms with van der Waals surface area (Å²) in [6, 6.07) is 4.20. The summed E-state index contributed by atoms with van der Waals surface area (Å²) in [5.41, 5.74) is 2.36. The van der Waals surface area contributed by atoms with E-state index in [9.17, 15) is 4.79 Å². The van der Waals surface area contributed by atoms with E-state index in [4.69, 9.17) is 0 Å². The number of imidazole rings is 1. The summed E-state index contributed by atoms with van der Waals surface area (Å²) in [5, 5.41) is 3.15. The summed E-state index contributed by atoms with van der Waals surface area (Å²) in [4.78, 5) is 17.1. The van der Waals surface area contributed by atoms with Crippen LogP contribution in [-0.4, -0.2) is 21.3 Å². The minimum Gasteiger partial charge on any atom is -0.348 e. The number of aromatic nitrogens is 2. The van der Waals surface area contributed by atoms with Crippen LogP contribution in [0.25, 0.3) is 5.65 Å². The van der Waals surface area contributed by atoms with Crippen LogP contribution in [-0.2, 0) is 6.42 Å². The smallest absolute Gasteiger partial charge is 0.270 e. The molecule has 0 spiro atoms. The number of halogens is 1. The molecule has 1 N–H and O–H groups in total. The van der Waals surface area contributed by atoms with Crippen LogP contribution in [0.15, 0.2) is 22.8 Å². The van der Waals surface area contributed by atoms with Gasteiger partial charge in [0.15, 0.2) is 0 Å². The highest BCUT2D eigenvalue weighted by atomic mass is 79.9. The molecule has 1 saturated carbocycles. The third kappa shape index (κ3) is 2.46. The van der Waals surface area contributed by atoms with Gasteiger partial charge in [0.25, 0.3) is 5.91 Å². The minimum absolute atomic E-state index is 0.000602. The van der Waals surface area contributed by atoms with Crippen LogP contribution in [0.4, 0.5) is 0 Å².